The largest absolute Gasteiger partial charge is 0.351 e. The monoisotopic (exact) mass is 328 g/mol. The third-order valence-corrected chi connectivity index (χ3v) is 3.46. The zero-order valence-electron chi connectivity index (χ0n) is 11.0. The van der Waals surface area contributed by atoms with Gasteiger partial charge in [-0.3, -0.25) is 14.9 Å². The van der Waals surface area contributed by atoms with E-state index in [2.05, 4.69) is 28.2 Å². The molecule has 0 heterocycles. The van der Waals surface area contributed by atoms with E-state index in [-0.39, 0.29) is 16.1 Å². The molecule has 104 valence electrons. The van der Waals surface area contributed by atoms with Crippen LogP contribution < -0.4 is 5.32 Å². The number of hydrogen-bond donors (Lipinski definition) is 1. The molecule has 0 radical (unpaired) electrons. The number of hydrogen-bond acceptors (Lipinski definition) is 3. The first-order chi connectivity index (χ1) is 8.95. The van der Waals surface area contributed by atoms with Crippen LogP contribution in [0.5, 0.6) is 0 Å². The van der Waals surface area contributed by atoms with Crippen molar-refractivity contribution in [1.29, 1.82) is 0 Å². The molecule has 1 aromatic rings. The van der Waals surface area contributed by atoms with Crippen molar-refractivity contribution in [3.63, 3.8) is 0 Å². The van der Waals surface area contributed by atoms with Crippen LogP contribution in [0.1, 0.15) is 35.7 Å². The number of benzene rings is 1. The Morgan fingerprint density at radius 1 is 1.53 bits per heavy atom. The van der Waals surface area contributed by atoms with E-state index < -0.39 is 10.8 Å². The van der Waals surface area contributed by atoms with E-state index in [0.717, 1.165) is 18.4 Å². The summed E-state index contributed by atoms with van der Waals surface area (Å²) in [6.07, 6.45) is 1.95. The molecule has 1 aromatic carbocycles. The zero-order chi connectivity index (χ0) is 14.4. The predicted molar refractivity (Wildman–Crippen MR) is 77.8 cm³/mol. The second-order valence-electron chi connectivity index (χ2n) is 4.37. The lowest BCUT2D eigenvalue weighted by molar-refractivity contribution is -0.385. The van der Waals surface area contributed by atoms with Gasteiger partial charge in [0.1, 0.15) is 5.56 Å². The van der Waals surface area contributed by atoms with E-state index in [0.29, 0.717) is 6.54 Å². The molecule has 1 unspecified atom stereocenters. The molecule has 1 atom stereocenters. The molecule has 0 saturated heterocycles. The van der Waals surface area contributed by atoms with E-state index in [9.17, 15) is 14.9 Å². The molecule has 0 bridgehead atoms. The van der Waals surface area contributed by atoms with Crippen molar-refractivity contribution in [3.8, 4) is 0 Å². The highest BCUT2D eigenvalue weighted by molar-refractivity contribution is 9.09. The third kappa shape index (κ3) is 4.63. The average molecular weight is 329 g/mol. The van der Waals surface area contributed by atoms with Crippen molar-refractivity contribution in [2.45, 2.75) is 31.5 Å². The fraction of sp³-hybridized carbons (Fsp3) is 0.462. The van der Waals surface area contributed by atoms with Gasteiger partial charge in [0.05, 0.1) is 4.92 Å². The second kappa shape index (κ2) is 7.23. The fourth-order valence-electron chi connectivity index (χ4n) is 1.70. The standard InChI is InChI=1S/C13H17BrN2O3/c1-3-4-10(14)8-15-13(17)11-7-9(2)5-6-12(11)16(18)19/h5-7,10H,3-4,8H2,1-2H3,(H,15,17). The van der Waals surface area contributed by atoms with Crippen LogP contribution in [-0.2, 0) is 0 Å². The number of nitro groups is 1. The van der Waals surface area contributed by atoms with Gasteiger partial charge in [0.15, 0.2) is 0 Å². The van der Waals surface area contributed by atoms with E-state index in [1.54, 1.807) is 13.0 Å². The van der Waals surface area contributed by atoms with Gasteiger partial charge in [-0.05, 0) is 25.0 Å². The lowest BCUT2D eigenvalue weighted by atomic mass is 10.1. The highest BCUT2D eigenvalue weighted by Gasteiger charge is 2.20. The van der Waals surface area contributed by atoms with Crippen LogP contribution >= 0.6 is 15.9 Å². The first kappa shape index (κ1) is 15.6. The molecule has 1 rings (SSSR count). The Morgan fingerprint density at radius 3 is 2.79 bits per heavy atom. The molecule has 0 spiro atoms. The van der Waals surface area contributed by atoms with Crippen LogP contribution in [0.2, 0.25) is 0 Å². The smallest absolute Gasteiger partial charge is 0.282 e. The highest BCUT2D eigenvalue weighted by atomic mass is 79.9. The minimum atomic E-state index is -0.536. The van der Waals surface area contributed by atoms with Gasteiger partial charge in [0.25, 0.3) is 11.6 Å². The maximum atomic E-state index is 12.0. The molecule has 6 heteroatoms. The van der Waals surface area contributed by atoms with E-state index >= 15 is 0 Å². The number of nitro benzene ring substituents is 1. The van der Waals surface area contributed by atoms with Gasteiger partial charge in [-0.2, -0.15) is 0 Å². The summed E-state index contributed by atoms with van der Waals surface area (Å²) in [5, 5.41) is 13.6. The number of nitrogens with one attached hydrogen (secondary N) is 1. The molecular weight excluding hydrogens is 312 g/mol. The van der Waals surface area contributed by atoms with Crippen molar-refractivity contribution >= 4 is 27.5 Å². The Labute approximate surface area is 120 Å². The fourth-order valence-corrected chi connectivity index (χ4v) is 2.32. The topological polar surface area (TPSA) is 72.2 Å². The minimum absolute atomic E-state index is 0.112. The molecule has 0 saturated carbocycles. The summed E-state index contributed by atoms with van der Waals surface area (Å²) in [6.45, 7) is 4.31. The lowest BCUT2D eigenvalue weighted by Gasteiger charge is -2.10. The van der Waals surface area contributed by atoms with Gasteiger partial charge in [-0.1, -0.05) is 35.3 Å². The van der Waals surface area contributed by atoms with Gasteiger partial charge in [0.2, 0.25) is 0 Å². The van der Waals surface area contributed by atoms with Crippen LogP contribution in [0.3, 0.4) is 0 Å². The normalized spacial score (nSPS) is 11.9. The van der Waals surface area contributed by atoms with Crippen LogP contribution in [0.4, 0.5) is 5.69 Å². The molecule has 0 aliphatic carbocycles. The minimum Gasteiger partial charge on any atom is -0.351 e. The maximum Gasteiger partial charge on any atom is 0.282 e. The molecule has 19 heavy (non-hydrogen) atoms. The summed E-state index contributed by atoms with van der Waals surface area (Å²) in [5.74, 6) is -0.407. The average Bonchev–Trinajstić information content (AvgIpc) is 2.35. The quantitative estimate of drug-likeness (QED) is 0.495. The first-order valence-electron chi connectivity index (χ1n) is 6.13. The Bertz CT molecular complexity index is 477. The number of alkyl halides is 1. The predicted octanol–water partition coefficient (Wildman–Crippen LogP) is 3.20. The molecule has 0 fully saturated rings. The van der Waals surface area contributed by atoms with Gasteiger partial charge < -0.3 is 5.32 Å². The summed E-state index contributed by atoms with van der Waals surface area (Å²) in [7, 11) is 0. The van der Waals surface area contributed by atoms with E-state index in [1.807, 2.05) is 0 Å². The SMILES string of the molecule is CCCC(Br)CNC(=O)c1cc(C)ccc1[N+](=O)[O-]. The number of amides is 1. The van der Waals surface area contributed by atoms with Crippen molar-refractivity contribution in [1.82, 2.24) is 5.32 Å². The Balaban J connectivity index is 2.81. The highest BCUT2D eigenvalue weighted by Crippen LogP contribution is 2.19. The molecule has 0 aromatic heterocycles. The van der Waals surface area contributed by atoms with E-state index in [1.165, 1.54) is 12.1 Å². The van der Waals surface area contributed by atoms with Crippen molar-refractivity contribution in [2.75, 3.05) is 6.54 Å². The van der Waals surface area contributed by atoms with Gasteiger partial charge in [-0.25, -0.2) is 0 Å². The zero-order valence-corrected chi connectivity index (χ0v) is 12.6. The van der Waals surface area contributed by atoms with Crippen LogP contribution in [0.15, 0.2) is 18.2 Å². The molecular formula is C13H17BrN2O3. The molecule has 5 nitrogen and oxygen atoms in total. The number of halogens is 1. The van der Waals surface area contributed by atoms with Gasteiger partial charge >= 0.3 is 0 Å². The Hall–Kier alpha value is -1.43. The number of rotatable bonds is 6. The number of carbonyl (C=O) groups is 1. The van der Waals surface area contributed by atoms with Gasteiger partial charge in [-0.15, -0.1) is 0 Å². The first-order valence-corrected chi connectivity index (χ1v) is 7.04. The van der Waals surface area contributed by atoms with Crippen LogP contribution in [0, 0.1) is 17.0 Å². The number of aryl methyl sites for hydroxylation is 1. The van der Waals surface area contributed by atoms with Crippen molar-refractivity contribution in [3.05, 3.63) is 39.4 Å². The van der Waals surface area contributed by atoms with E-state index in [4.69, 9.17) is 0 Å². The Morgan fingerprint density at radius 2 is 2.21 bits per heavy atom. The third-order valence-electron chi connectivity index (χ3n) is 2.68. The van der Waals surface area contributed by atoms with Gasteiger partial charge in [0, 0.05) is 17.4 Å². The summed E-state index contributed by atoms with van der Waals surface area (Å²) in [4.78, 5) is 22.5. The summed E-state index contributed by atoms with van der Waals surface area (Å²) < 4.78 is 0. The maximum absolute atomic E-state index is 12.0. The molecule has 0 aliphatic heterocycles. The molecule has 1 amide bonds. The summed E-state index contributed by atoms with van der Waals surface area (Å²) >= 11 is 3.45. The summed E-state index contributed by atoms with van der Waals surface area (Å²) in [6, 6.07) is 4.53. The molecule has 0 aliphatic rings. The van der Waals surface area contributed by atoms with Crippen molar-refractivity contribution in [2.24, 2.45) is 0 Å². The Kier molecular flexibility index (Phi) is 5.95. The number of nitrogens with zero attached hydrogens (tertiary/aromatic N) is 1. The number of carbonyl (C=O) groups excluding carboxylic acids is 1. The molecule has 1 N–H and O–H groups in total. The second-order valence-corrected chi connectivity index (χ2v) is 5.67. The van der Waals surface area contributed by atoms with Crippen molar-refractivity contribution < 1.29 is 9.72 Å². The lowest BCUT2D eigenvalue weighted by Crippen LogP contribution is -2.30. The van der Waals surface area contributed by atoms with Crippen LogP contribution in [0.25, 0.3) is 0 Å². The summed E-state index contributed by atoms with van der Waals surface area (Å²) in [5.41, 5.74) is 0.769. The van der Waals surface area contributed by atoms with Crippen LogP contribution in [-0.4, -0.2) is 22.2 Å².